The number of alkyl halides is 1. The van der Waals surface area contributed by atoms with Crippen molar-refractivity contribution in [2.75, 3.05) is 18.9 Å². The summed E-state index contributed by atoms with van der Waals surface area (Å²) in [6.07, 6.45) is -2.56. The van der Waals surface area contributed by atoms with E-state index in [0.717, 1.165) is 6.33 Å². The van der Waals surface area contributed by atoms with Crippen molar-refractivity contribution in [3.8, 4) is 0 Å². The second-order valence-corrected chi connectivity index (χ2v) is 14.4. The molecule has 1 fully saturated rings. The Morgan fingerprint density at radius 3 is 2.77 bits per heavy atom. The van der Waals surface area contributed by atoms with Crippen molar-refractivity contribution in [2.45, 2.75) is 37.8 Å². The molecule has 4 aromatic heterocycles. The molecule has 2 bridgehead atoms. The number of fused-ring (bicyclic) bond motifs is 6. The number of nitrogens with two attached hydrogens (primary N) is 1. The van der Waals surface area contributed by atoms with Gasteiger partial charge in [0, 0.05) is 6.54 Å². The van der Waals surface area contributed by atoms with E-state index in [2.05, 4.69) is 54.4 Å². The molecule has 0 spiro atoms. The van der Waals surface area contributed by atoms with E-state index in [1.807, 2.05) is 0 Å². The molecule has 0 aliphatic carbocycles. The number of H-pyrrole nitrogens is 1. The molecule has 1 saturated heterocycles. The van der Waals surface area contributed by atoms with Gasteiger partial charge in [0.1, 0.15) is 36.5 Å². The van der Waals surface area contributed by atoms with Crippen LogP contribution in [-0.2, 0) is 45.1 Å². The number of imidazole rings is 2. The summed E-state index contributed by atoms with van der Waals surface area (Å²) in [4.78, 5) is 35.1. The van der Waals surface area contributed by atoms with Crippen LogP contribution in [0.2, 0.25) is 0 Å². The minimum atomic E-state index is -4.30. The highest BCUT2D eigenvalue weighted by atomic mass is 32.7. The lowest BCUT2D eigenvalue weighted by Crippen LogP contribution is -2.31. The van der Waals surface area contributed by atoms with E-state index in [9.17, 15) is 13.9 Å². The van der Waals surface area contributed by atoms with Crippen LogP contribution >= 0.6 is 38.1 Å². The topological polar surface area (TPSA) is 213 Å². The van der Waals surface area contributed by atoms with E-state index < -0.39 is 57.0 Å². The molecule has 3 N–H and O–H groups in total. The Labute approximate surface area is 233 Å². The molecule has 40 heavy (non-hydrogen) atoms. The van der Waals surface area contributed by atoms with Crippen molar-refractivity contribution in [3.63, 3.8) is 0 Å². The zero-order chi connectivity index (χ0) is 28.2. The SMILES string of the molecule is Nc1nc2c(ncn2[C@@H]2O[C@@H]3CO[P@](=O)(S)OCCn4c(nc5cncnc54)CO[P@@](=O)(S)O[C@@H]2[C@@H]3F)c(=O)[nH]1. The Morgan fingerprint density at radius 2 is 1.95 bits per heavy atom. The fourth-order valence-electron chi connectivity index (χ4n) is 4.34. The van der Waals surface area contributed by atoms with Gasteiger partial charge < -0.3 is 15.0 Å². The number of aromatic nitrogens is 8. The van der Waals surface area contributed by atoms with Crippen molar-refractivity contribution >= 4 is 66.4 Å². The standard InChI is InChI=1S/C18H20FN9O8P2S2/c19-11-9-4-33-37(30,39)32-2-1-27-10(24-8-3-21-6-22-14(8)27)5-34-38(31,40)36-13(11)17(35-9)28-7-23-12-15(28)25-18(20)26-16(12)29/h3,6-7,9,11,13,17H,1-2,4-5H2,(H,30,39)(H,31,40)(H3,20,25,26,29)/t9-,11-,13-,17-,37-,38-/m1/s1. The zero-order valence-electron chi connectivity index (χ0n) is 20.0. The summed E-state index contributed by atoms with van der Waals surface area (Å²) in [6, 6.07) is 0. The average Bonchev–Trinajstić information content (AvgIpc) is 3.55. The van der Waals surface area contributed by atoms with Crippen LogP contribution in [0.25, 0.3) is 22.3 Å². The summed E-state index contributed by atoms with van der Waals surface area (Å²) in [6.45, 7) is -9.38. The van der Waals surface area contributed by atoms with Gasteiger partial charge >= 0.3 is 13.6 Å². The predicted molar refractivity (Wildman–Crippen MR) is 141 cm³/mol. The number of thiol groups is 2. The van der Waals surface area contributed by atoms with Crippen LogP contribution in [0, 0.1) is 0 Å². The number of anilines is 1. The monoisotopic (exact) mass is 635 g/mol. The van der Waals surface area contributed by atoms with E-state index >= 15 is 4.39 Å². The normalized spacial score (nSPS) is 32.1. The maximum atomic E-state index is 15.8. The maximum absolute atomic E-state index is 15.8. The fourth-order valence-corrected chi connectivity index (χ4v) is 6.87. The van der Waals surface area contributed by atoms with Gasteiger partial charge in [-0.1, -0.05) is 24.5 Å². The van der Waals surface area contributed by atoms with E-state index in [1.165, 1.54) is 17.1 Å². The van der Waals surface area contributed by atoms with E-state index in [4.69, 9.17) is 28.6 Å². The molecule has 17 nitrogen and oxygen atoms in total. The van der Waals surface area contributed by atoms with Crippen LogP contribution in [0.5, 0.6) is 0 Å². The number of rotatable bonds is 1. The van der Waals surface area contributed by atoms with Gasteiger partial charge in [-0.05, 0) is 0 Å². The van der Waals surface area contributed by atoms with Crippen LogP contribution < -0.4 is 11.3 Å². The first-order valence-electron chi connectivity index (χ1n) is 11.5. The summed E-state index contributed by atoms with van der Waals surface area (Å²) >= 11 is 8.02. The largest absolute Gasteiger partial charge is 0.387 e. The molecule has 0 aromatic carbocycles. The third kappa shape index (κ3) is 5.31. The highest BCUT2D eigenvalue weighted by molar-refractivity contribution is 8.44. The van der Waals surface area contributed by atoms with Crippen LogP contribution in [-0.4, -0.2) is 70.6 Å². The Bertz CT molecular complexity index is 1750. The zero-order valence-corrected chi connectivity index (χ0v) is 23.6. The molecule has 0 amide bonds. The molecular formula is C18H20FN9O8P2S2. The van der Waals surface area contributed by atoms with Crippen LogP contribution in [0.3, 0.4) is 0 Å². The third-order valence-electron chi connectivity index (χ3n) is 6.06. The van der Waals surface area contributed by atoms with Gasteiger partial charge in [-0.15, -0.1) is 0 Å². The number of nitrogens with zero attached hydrogens (tertiary/aromatic N) is 7. The van der Waals surface area contributed by atoms with E-state index in [0.29, 0.717) is 11.2 Å². The summed E-state index contributed by atoms with van der Waals surface area (Å²) < 4.78 is 72.2. The van der Waals surface area contributed by atoms with Crippen molar-refractivity contribution in [1.29, 1.82) is 0 Å². The Kier molecular flexibility index (Phi) is 7.25. The molecule has 6 heterocycles. The molecule has 0 saturated carbocycles. The summed E-state index contributed by atoms with van der Waals surface area (Å²) in [5.41, 5.74) is 5.65. The smallest absolute Gasteiger partial charge is 0.369 e. The fraction of sp³-hybridized carbons (Fsp3) is 0.444. The number of halogens is 1. The highest BCUT2D eigenvalue weighted by Gasteiger charge is 2.51. The Balaban J connectivity index is 1.38. The number of nitrogen functional groups attached to an aromatic ring is 1. The number of nitrogens with one attached hydrogen (secondary N) is 1. The molecule has 2 aliphatic heterocycles. The average molecular weight is 635 g/mol. The van der Waals surface area contributed by atoms with Crippen molar-refractivity contribution in [1.82, 2.24) is 39.0 Å². The molecule has 214 valence electrons. The lowest BCUT2D eigenvalue weighted by atomic mass is 10.1. The van der Waals surface area contributed by atoms with Gasteiger partial charge in [0.15, 0.2) is 29.2 Å². The third-order valence-corrected chi connectivity index (χ3v) is 9.33. The van der Waals surface area contributed by atoms with Crippen molar-refractivity contribution in [3.05, 3.63) is 35.0 Å². The van der Waals surface area contributed by atoms with Crippen molar-refractivity contribution < 1.29 is 36.4 Å². The molecule has 22 heteroatoms. The molecule has 6 rings (SSSR count). The van der Waals surface area contributed by atoms with Gasteiger partial charge in [0.2, 0.25) is 5.95 Å². The Morgan fingerprint density at radius 1 is 1.12 bits per heavy atom. The van der Waals surface area contributed by atoms with Gasteiger partial charge in [0.05, 0.1) is 25.7 Å². The number of hydrogen-bond donors (Lipinski definition) is 4. The molecule has 0 unspecified atom stereocenters. The van der Waals surface area contributed by atoms with Crippen molar-refractivity contribution in [2.24, 2.45) is 0 Å². The van der Waals surface area contributed by atoms with Crippen LogP contribution in [0.1, 0.15) is 12.1 Å². The van der Waals surface area contributed by atoms with Gasteiger partial charge in [-0.3, -0.25) is 32.4 Å². The Hall–Kier alpha value is -2.41. The second-order valence-electron chi connectivity index (χ2n) is 8.61. The second kappa shape index (κ2) is 10.5. The number of ether oxygens (including phenoxy) is 1. The predicted octanol–water partition coefficient (Wildman–Crippen LogP) is 1.80. The van der Waals surface area contributed by atoms with E-state index in [1.54, 1.807) is 4.57 Å². The van der Waals surface area contributed by atoms with Crippen LogP contribution in [0.15, 0.2) is 23.6 Å². The summed E-state index contributed by atoms with van der Waals surface area (Å²) in [5, 5.41) is 0. The number of aromatic amines is 1. The van der Waals surface area contributed by atoms with E-state index in [-0.39, 0.29) is 36.1 Å². The molecule has 0 radical (unpaired) electrons. The quantitative estimate of drug-likeness (QED) is 0.173. The summed E-state index contributed by atoms with van der Waals surface area (Å²) in [7, 11) is 0. The lowest BCUT2D eigenvalue weighted by Gasteiger charge is -2.24. The summed E-state index contributed by atoms with van der Waals surface area (Å²) in [5.74, 6) is -0.0000400. The molecular weight excluding hydrogens is 615 g/mol. The molecule has 6 atom stereocenters. The van der Waals surface area contributed by atoms with Gasteiger partial charge in [0.25, 0.3) is 5.56 Å². The first-order chi connectivity index (χ1) is 19.0. The van der Waals surface area contributed by atoms with Gasteiger partial charge in [-0.2, -0.15) is 4.98 Å². The van der Waals surface area contributed by atoms with Gasteiger partial charge in [-0.25, -0.2) is 33.5 Å². The highest BCUT2D eigenvalue weighted by Crippen LogP contribution is 2.58. The first kappa shape index (κ1) is 27.7. The first-order valence-corrected chi connectivity index (χ1v) is 16.8. The van der Waals surface area contributed by atoms with Crippen LogP contribution in [0.4, 0.5) is 10.3 Å². The minimum absolute atomic E-state index is 0.0593. The molecule has 2 aliphatic rings. The molecule has 4 aromatic rings. The lowest BCUT2D eigenvalue weighted by molar-refractivity contribution is -0.0444. The minimum Gasteiger partial charge on any atom is -0.369 e. The maximum Gasteiger partial charge on any atom is 0.387 e. The number of hydrogen-bond acceptors (Lipinski definition) is 14.